The summed E-state index contributed by atoms with van der Waals surface area (Å²) in [5.74, 6) is -1.82. The first-order valence-electron chi connectivity index (χ1n) is 8.92. The molecule has 5 atom stereocenters. The van der Waals surface area contributed by atoms with Gasteiger partial charge in [0.05, 0.1) is 8.82 Å². The molecule has 4 heteroatoms. The van der Waals surface area contributed by atoms with Crippen molar-refractivity contribution in [2.24, 2.45) is 0 Å². The van der Waals surface area contributed by atoms with Gasteiger partial charge in [-0.25, -0.2) is 0 Å². The van der Waals surface area contributed by atoms with E-state index in [1.165, 1.54) is 6.92 Å². The van der Waals surface area contributed by atoms with Gasteiger partial charge in [-0.3, -0.25) is 4.79 Å². The zero-order valence-corrected chi connectivity index (χ0v) is 13.2. The van der Waals surface area contributed by atoms with Crippen LogP contribution in [0.4, 0.5) is 0 Å². The number of hydrogen-bond donors (Lipinski definition) is 1. The minimum atomic E-state index is -2.00. The minimum absolute atomic E-state index is 0.265. The van der Waals surface area contributed by atoms with Crippen molar-refractivity contribution in [1.29, 1.82) is 0 Å². The van der Waals surface area contributed by atoms with E-state index in [0.717, 1.165) is 12.8 Å². The van der Waals surface area contributed by atoms with Gasteiger partial charge in [-0.2, -0.15) is 0 Å². The topological polar surface area (TPSA) is 49.8 Å². The number of esters is 1. The van der Waals surface area contributed by atoms with Gasteiger partial charge < -0.3 is 14.7 Å². The molecule has 2 aliphatic rings. The molecule has 2 bridgehead atoms. The van der Waals surface area contributed by atoms with Crippen LogP contribution in [-0.4, -0.2) is 47.3 Å². The second kappa shape index (κ2) is 6.39. The Balaban J connectivity index is 1.79. The number of carbonyl (C=O) groups excluding carboxylic acids is 1. The summed E-state index contributed by atoms with van der Waals surface area (Å²) in [6.07, 6.45) is -0.261. The van der Waals surface area contributed by atoms with Crippen molar-refractivity contribution in [2.75, 3.05) is 7.05 Å². The number of nitrogens with zero attached hydrogens (tertiary/aromatic N) is 1. The van der Waals surface area contributed by atoms with Crippen molar-refractivity contribution in [3.63, 3.8) is 0 Å². The van der Waals surface area contributed by atoms with E-state index in [9.17, 15) is 9.90 Å². The SMILES string of the molecule is [2H]C1(OC(=O)C(c2ccccc2)C([2H])(C)O)CC2CC[C@H](C1)N2C. The van der Waals surface area contributed by atoms with Crippen LogP contribution >= 0.6 is 0 Å². The Morgan fingerprint density at radius 2 is 1.95 bits per heavy atom. The number of aliphatic hydroxyl groups is 1. The molecule has 1 aromatic carbocycles. The van der Waals surface area contributed by atoms with Crippen molar-refractivity contribution < 1.29 is 17.4 Å². The van der Waals surface area contributed by atoms with Gasteiger partial charge in [-0.05, 0) is 45.2 Å². The van der Waals surface area contributed by atoms with Crippen molar-refractivity contribution >= 4 is 5.97 Å². The Labute approximate surface area is 134 Å². The zero-order valence-electron chi connectivity index (χ0n) is 15.2. The quantitative estimate of drug-likeness (QED) is 0.867. The molecule has 0 aromatic heterocycles. The fourth-order valence-corrected chi connectivity index (χ4v) is 3.67. The first-order chi connectivity index (χ1) is 11.2. The maximum absolute atomic E-state index is 12.7. The summed E-state index contributed by atoms with van der Waals surface area (Å²) in [4.78, 5) is 15.0. The molecule has 4 nitrogen and oxygen atoms in total. The third kappa shape index (κ3) is 3.03. The van der Waals surface area contributed by atoms with Crippen molar-refractivity contribution in [3.05, 3.63) is 35.9 Å². The predicted molar refractivity (Wildman–Crippen MR) is 84.6 cm³/mol. The van der Waals surface area contributed by atoms with Crippen LogP contribution in [0.1, 0.15) is 46.8 Å². The summed E-state index contributed by atoms with van der Waals surface area (Å²) in [7, 11) is 2.06. The number of ether oxygens (including phenoxy) is 1. The fourth-order valence-electron chi connectivity index (χ4n) is 3.67. The Hall–Kier alpha value is -1.39. The van der Waals surface area contributed by atoms with Gasteiger partial charge >= 0.3 is 5.97 Å². The summed E-state index contributed by atoms with van der Waals surface area (Å²) in [5, 5.41) is 10.2. The minimum Gasteiger partial charge on any atom is -0.462 e. The van der Waals surface area contributed by atoms with Crippen LogP contribution in [0.2, 0.25) is 0 Å². The molecule has 0 aliphatic carbocycles. The molecule has 1 N–H and O–H groups in total. The van der Waals surface area contributed by atoms with Crippen LogP contribution < -0.4 is 0 Å². The van der Waals surface area contributed by atoms with Gasteiger partial charge in [-0.1, -0.05) is 30.3 Å². The average molecular weight is 305 g/mol. The number of hydrogen-bond acceptors (Lipinski definition) is 4. The van der Waals surface area contributed by atoms with Gasteiger partial charge in [0.25, 0.3) is 0 Å². The Morgan fingerprint density at radius 1 is 1.36 bits per heavy atom. The molecular formula is C18H25NO3. The van der Waals surface area contributed by atoms with Crippen LogP contribution in [0.5, 0.6) is 0 Å². The maximum atomic E-state index is 12.7. The highest BCUT2D eigenvalue weighted by atomic mass is 16.5. The first-order valence-corrected chi connectivity index (χ1v) is 7.92. The normalized spacial score (nSPS) is 36.9. The number of carbonyl (C=O) groups is 1. The molecule has 0 amide bonds. The highest BCUT2D eigenvalue weighted by Gasteiger charge is 2.40. The van der Waals surface area contributed by atoms with Crippen molar-refractivity contribution in [1.82, 2.24) is 4.90 Å². The summed E-state index contributed by atoms with van der Waals surface area (Å²) in [6.45, 7) is 1.28. The van der Waals surface area contributed by atoms with Gasteiger partial charge in [0, 0.05) is 12.1 Å². The van der Waals surface area contributed by atoms with E-state index in [1.54, 1.807) is 24.3 Å². The average Bonchev–Trinajstić information content (AvgIpc) is 2.69. The lowest BCUT2D eigenvalue weighted by Gasteiger charge is -2.36. The number of piperidine rings is 1. The largest absolute Gasteiger partial charge is 0.462 e. The van der Waals surface area contributed by atoms with Crippen LogP contribution in [0.25, 0.3) is 0 Å². The Morgan fingerprint density at radius 3 is 2.50 bits per heavy atom. The van der Waals surface area contributed by atoms with E-state index in [-0.39, 0.29) is 12.1 Å². The van der Waals surface area contributed by atoms with Crippen molar-refractivity contribution in [3.8, 4) is 0 Å². The molecule has 0 spiro atoms. The summed E-state index contributed by atoms with van der Waals surface area (Å²) < 4.78 is 22.1. The van der Waals surface area contributed by atoms with Gasteiger partial charge in [0.15, 0.2) is 0 Å². The summed E-state index contributed by atoms with van der Waals surface area (Å²) >= 11 is 0. The second-order valence-electron chi connectivity index (χ2n) is 6.40. The van der Waals surface area contributed by atoms with E-state index in [4.69, 9.17) is 7.48 Å². The van der Waals surface area contributed by atoms with E-state index in [2.05, 4.69) is 11.9 Å². The van der Waals surface area contributed by atoms with E-state index < -0.39 is 24.0 Å². The fraction of sp³-hybridized carbons (Fsp3) is 0.611. The van der Waals surface area contributed by atoms with E-state index in [0.29, 0.717) is 18.4 Å². The van der Waals surface area contributed by atoms with E-state index in [1.807, 2.05) is 6.07 Å². The molecule has 22 heavy (non-hydrogen) atoms. The molecule has 0 saturated carbocycles. The molecule has 0 radical (unpaired) electrons. The lowest BCUT2D eigenvalue weighted by Crippen LogP contribution is -2.44. The lowest BCUT2D eigenvalue weighted by molar-refractivity contribution is -0.156. The van der Waals surface area contributed by atoms with Crippen LogP contribution in [0.15, 0.2) is 30.3 Å². The van der Waals surface area contributed by atoms with Crippen LogP contribution in [-0.2, 0) is 9.53 Å². The highest BCUT2D eigenvalue weighted by molar-refractivity contribution is 5.79. The predicted octanol–water partition coefficient (Wildman–Crippen LogP) is 2.32. The molecule has 2 saturated heterocycles. The van der Waals surface area contributed by atoms with Crippen LogP contribution in [0.3, 0.4) is 0 Å². The first kappa shape index (κ1) is 13.1. The van der Waals surface area contributed by atoms with Crippen molar-refractivity contribution in [2.45, 2.75) is 62.8 Å². The van der Waals surface area contributed by atoms with Gasteiger partial charge in [0.2, 0.25) is 0 Å². The molecule has 1 aromatic rings. The smallest absolute Gasteiger partial charge is 0.316 e. The number of benzene rings is 1. The third-order valence-corrected chi connectivity index (χ3v) is 4.94. The molecular weight excluding hydrogens is 278 g/mol. The Kier molecular flexibility index (Phi) is 3.80. The molecule has 3 rings (SSSR count). The molecule has 2 heterocycles. The molecule has 2 aliphatic heterocycles. The van der Waals surface area contributed by atoms with Crippen LogP contribution in [0, 0.1) is 0 Å². The monoisotopic (exact) mass is 305 g/mol. The number of fused-ring (bicyclic) bond motifs is 2. The summed E-state index contributed by atoms with van der Waals surface area (Å²) in [6, 6.07) is 9.25. The standard InChI is InChI=1S/C18H25NO3/c1-12(20)17(13-6-4-3-5-7-13)18(21)22-16-10-14-8-9-15(11-16)19(14)2/h3-7,12,14-17,20H,8-11H2,1-2H3/t12?,14-,15?,16?,17?/m1/s1/i12D,16D. The zero-order chi connectivity index (χ0) is 17.5. The Bertz CT molecular complexity index is 588. The number of rotatable bonds is 4. The molecule has 4 unspecified atom stereocenters. The van der Waals surface area contributed by atoms with E-state index >= 15 is 0 Å². The summed E-state index contributed by atoms with van der Waals surface area (Å²) in [5.41, 5.74) is 0.530. The third-order valence-electron chi connectivity index (χ3n) is 4.94. The molecule has 2 fully saturated rings. The van der Waals surface area contributed by atoms with Gasteiger partial charge in [0.1, 0.15) is 12.0 Å². The molecule has 120 valence electrons. The highest BCUT2D eigenvalue weighted by Crippen LogP contribution is 2.36. The second-order valence-corrected chi connectivity index (χ2v) is 6.40. The van der Waals surface area contributed by atoms with Gasteiger partial charge in [-0.15, -0.1) is 0 Å². The lowest BCUT2D eigenvalue weighted by atomic mass is 9.94. The maximum Gasteiger partial charge on any atom is 0.316 e.